The molecule has 2 aromatic rings. The number of hydrogen-bond donors (Lipinski definition) is 2. The van der Waals surface area contributed by atoms with Crippen LogP contribution in [0.15, 0.2) is 42.5 Å². The van der Waals surface area contributed by atoms with Crippen LogP contribution in [0.4, 0.5) is 0 Å². The van der Waals surface area contributed by atoms with Crippen molar-refractivity contribution in [2.75, 3.05) is 13.2 Å². The van der Waals surface area contributed by atoms with Crippen LogP contribution in [0.1, 0.15) is 6.42 Å². The Balaban J connectivity index is 1.99. The molecule has 3 N–H and O–H groups in total. The van der Waals surface area contributed by atoms with Crippen molar-refractivity contribution >= 4 is 10.8 Å². The van der Waals surface area contributed by atoms with E-state index in [0.717, 1.165) is 11.1 Å². The first-order valence-electron chi connectivity index (χ1n) is 5.79. The molecule has 0 aliphatic rings. The van der Waals surface area contributed by atoms with Crippen LogP contribution >= 0.6 is 0 Å². The Kier molecular flexibility index (Phi) is 3.96. The Morgan fingerprint density at radius 1 is 1.12 bits per heavy atom. The van der Waals surface area contributed by atoms with Crippen LogP contribution in [0.3, 0.4) is 0 Å². The number of benzene rings is 2. The molecule has 0 aliphatic carbocycles. The van der Waals surface area contributed by atoms with E-state index in [1.165, 1.54) is 5.39 Å². The Hall–Kier alpha value is -1.58. The van der Waals surface area contributed by atoms with E-state index < -0.39 is 6.10 Å². The molecule has 17 heavy (non-hydrogen) atoms. The molecule has 3 heteroatoms. The van der Waals surface area contributed by atoms with Crippen LogP contribution in [-0.4, -0.2) is 24.4 Å². The maximum atomic E-state index is 9.30. The van der Waals surface area contributed by atoms with Crippen molar-refractivity contribution in [1.29, 1.82) is 0 Å². The standard InChI is InChI=1S/C14H17NO2/c15-10-13(16)7-8-17-14-6-5-11-3-1-2-4-12(11)9-14/h1-6,9,13,16H,7-8,10,15H2. The van der Waals surface area contributed by atoms with E-state index in [4.69, 9.17) is 10.5 Å². The van der Waals surface area contributed by atoms with Crippen molar-refractivity contribution < 1.29 is 9.84 Å². The third-order valence-corrected chi connectivity index (χ3v) is 2.71. The van der Waals surface area contributed by atoms with Crippen molar-refractivity contribution in [3.05, 3.63) is 42.5 Å². The van der Waals surface area contributed by atoms with E-state index in [-0.39, 0.29) is 6.54 Å². The number of fused-ring (bicyclic) bond motifs is 1. The van der Waals surface area contributed by atoms with Crippen LogP contribution in [0.5, 0.6) is 5.75 Å². The van der Waals surface area contributed by atoms with Gasteiger partial charge in [-0.05, 0) is 22.9 Å². The molecule has 0 amide bonds. The van der Waals surface area contributed by atoms with Gasteiger partial charge in [0.2, 0.25) is 0 Å². The highest BCUT2D eigenvalue weighted by Gasteiger charge is 2.01. The van der Waals surface area contributed by atoms with Crippen molar-refractivity contribution in [1.82, 2.24) is 0 Å². The first kappa shape index (κ1) is 11.9. The van der Waals surface area contributed by atoms with Gasteiger partial charge in [-0.15, -0.1) is 0 Å². The SMILES string of the molecule is NCC(O)CCOc1ccc2ccccc2c1. The summed E-state index contributed by atoms with van der Waals surface area (Å²) in [4.78, 5) is 0. The molecular weight excluding hydrogens is 214 g/mol. The van der Waals surface area contributed by atoms with Crippen LogP contribution in [0.25, 0.3) is 10.8 Å². The zero-order valence-corrected chi connectivity index (χ0v) is 9.67. The molecule has 0 spiro atoms. The molecule has 1 unspecified atom stereocenters. The summed E-state index contributed by atoms with van der Waals surface area (Å²) in [5.41, 5.74) is 5.32. The smallest absolute Gasteiger partial charge is 0.119 e. The second-order valence-corrected chi connectivity index (χ2v) is 4.04. The highest BCUT2D eigenvalue weighted by molar-refractivity contribution is 5.83. The average molecular weight is 231 g/mol. The molecule has 2 rings (SSSR count). The lowest BCUT2D eigenvalue weighted by Gasteiger charge is -2.10. The lowest BCUT2D eigenvalue weighted by Crippen LogP contribution is -2.21. The lowest BCUT2D eigenvalue weighted by atomic mass is 10.1. The topological polar surface area (TPSA) is 55.5 Å². The van der Waals surface area contributed by atoms with Gasteiger partial charge in [-0.3, -0.25) is 0 Å². The van der Waals surface area contributed by atoms with Gasteiger partial charge in [0, 0.05) is 13.0 Å². The van der Waals surface area contributed by atoms with Crippen molar-refractivity contribution in [2.45, 2.75) is 12.5 Å². The van der Waals surface area contributed by atoms with Crippen molar-refractivity contribution in [3.8, 4) is 5.75 Å². The number of rotatable bonds is 5. The molecule has 0 saturated carbocycles. The summed E-state index contributed by atoms with van der Waals surface area (Å²) in [5, 5.41) is 11.7. The summed E-state index contributed by atoms with van der Waals surface area (Å²) in [6.45, 7) is 0.762. The van der Waals surface area contributed by atoms with Crippen LogP contribution in [0, 0.1) is 0 Å². The summed E-state index contributed by atoms with van der Waals surface area (Å²) in [6, 6.07) is 14.1. The minimum absolute atomic E-state index is 0.279. The van der Waals surface area contributed by atoms with E-state index in [1.807, 2.05) is 30.3 Å². The first-order chi connectivity index (χ1) is 8.29. The monoisotopic (exact) mass is 231 g/mol. The van der Waals surface area contributed by atoms with Gasteiger partial charge in [-0.1, -0.05) is 30.3 Å². The van der Waals surface area contributed by atoms with E-state index in [0.29, 0.717) is 13.0 Å². The maximum absolute atomic E-state index is 9.30. The number of hydrogen-bond acceptors (Lipinski definition) is 3. The van der Waals surface area contributed by atoms with Gasteiger partial charge in [0.15, 0.2) is 0 Å². The van der Waals surface area contributed by atoms with Gasteiger partial charge in [0.25, 0.3) is 0 Å². The molecular formula is C14H17NO2. The Morgan fingerprint density at radius 2 is 1.88 bits per heavy atom. The van der Waals surface area contributed by atoms with Crippen molar-refractivity contribution in [2.24, 2.45) is 5.73 Å². The minimum Gasteiger partial charge on any atom is -0.493 e. The molecule has 0 aromatic heterocycles. The molecule has 2 aromatic carbocycles. The normalized spacial score (nSPS) is 12.6. The maximum Gasteiger partial charge on any atom is 0.119 e. The third kappa shape index (κ3) is 3.19. The number of aliphatic hydroxyl groups is 1. The van der Waals surface area contributed by atoms with Crippen LogP contribution in [-0.2, 0) is 0 Å². The molecule has 0 saturated heterocycles. The number of nitrogens with two attached hydrogens (primary N) is 1. The molecule has 0 bridgehead atoms. The fraction of sp³-hybridized carbons (Fsp3) is 0.286. The molecule has 90 valence electrons. The number of aliphatic hydroxyl groups excluding tert-OH is 1. The van der Waals surface area contributed by atoms with Gasteiger partial charge in [0.05, 0.1) is 12.7 Å². The highest BCUT2D eigenvalue weighted by Crippen LogP contribution is 2.20. The zero-order valence-electron chi connectivity index (χ0n) is 9.67. The number of ether oxygens (including phenoxy) is 1. The molecule has 0 radical (unpaired) electrons. The quantitative estimate of drug-likeness (QED) is 0.826. The molecule has 3 nitrogen and oxygen atoms in total. The average Bonchev–Trinajstić information content (AvgIpc) is 2.38. The predicted octanol–water partition coefficient (Wildman–Crippen LogP) is 1.93. The van der Waals surface area contributed by atoms with E-state index >= 15 is 0 Å². The summed E-state index contributed by atoms with van der Waals surface area (Å²) in [5.74, 6) is 0.827. The molecule has 0 heterocycles. The van der Waals surface area contributed by atoms with E-state index in [2.05, 4.69) is 12.1 Å². The first-order valence-corrected chi connectivity index (χ1v) is 5.79. The summed E-state index contributed by atoms with van der Waals surface area (Å²) in [7, 11) is 0. The molecule has 0 aliphatic heterocycles. The minimum atomic E-state index is -0.476. The van der Waals surface area contributed by atoms with E-state index in [9.17, 15) is 5.11 Å². The predicted molar refractivity (Wildman–Crippen MR) is 69.1 cm³/mol. The third-order valence-electron chi connectivity index (χ3n) is 2.71. The van der Waals surface area contributed by atoms with Gasteiger partial charge >= 0.3 is 0 Å². The van der Waals surface area contributed by atoms with Gasteiger partial charge in [-0.25, -0.2) is 0 Å². The van der Waals surface area contributed by atoms with Crippen LogP contribution < -0.4 is 10.5 Å². The fourth-order valence-electron chi connectivity index (χ4n) is 1.69. The second kappa shape index (κ2) is 5.66. The summed E-state index contributed by atoms with van der Waals surface area (Å²) >= 11 is 0. The Bertz CT molecular complexity index is 484. The molecule has 0 fully saturated rings. The largest absolute Gasteiger partial charge is 0.493 e. The Labute approximate surface area is 101 Å². The summed E-state index contributed by atoms with van der Waals surface area (Å²) < 4.78 is 5.57. The van der Waals surface area contributed by atoms with Gasteiger partial charge < -0.3 is 15.6 Å². The van der Waals surface area contributed by atoms with E-state index in [1.54, 1.807) is 0 Å². The fourth-order valence-corrected chi connectivity index (χ4v) is 1.69. The van der Waals surface area contributed by atoms with Crippen LogP contribution in [0.2, 0.25) is 0 Å². The Morgan fingerprint density at radius 3 is 2.65 bits per heavy atom. The highest BCUT2D eigenvalue weighted by atomic mass is 16.5. The van der Waals surface area contributed by atoms with Gasteiger partial charge in [-0.2, -0.15) is 0 Å². The second-order valence-electron chi connectivity index (χ2n) is 4.04. The lowest BCUT2D eigenvalue weighted by molar-refractivity contribution is 0.146. The molecule has 1 atom stereocenters. The zero-order chi connectivity index (χ0) is 12.1. The van der Waals surface area contributed by atoms with Crippen molar-refractivity contribution in [3.63, 3.8) is 0 Å². The summed E-state index contributed by atoms with van der Waals surface area (Å²) in [6.07, 6.45) is 0.0824. The van der Waals surface area contributed by atoms with Gasteiger partial charge in [0.1, 0.15) is 5.75 Å².